The lowest BCUT2D eigenvalue weighted by Crippen LogP contribution is -2.34. The lowest BCUT2D eigenvalue weighted by Gasteiger charge is -2.19. The molecule has 0 radical (unpaired) electrons. The molecule has 33 heavy (non-hydrogen) atoms. The zero-order chi connectivity index (χ0) is 24.0. The average Bonchev–Trinajstić information content (AvgIpc) is 3.10. The van der Waals surface area contributed by atoms with Crippen LogP contribution in [0.1, 0.15) is 16.7 Å². The van der Waals surface area contributed by atoms with Crippen LogP contribution in [0.5, 0.6) is 5.75 Å². The number of hydrogen-bond donors (Lipinski definition) is 1. The summed E-state index contributed by atoms with van der Waals surface area (Å²) in [4.78, 5) is 42.7. The van der Waals surface area contributed by atoms with Crippen LogP contribution in [0.2, 0.25) is 0 Å². The van der Waals surface area contributed by atoms with Gasteiger partial charge in [-0.2, -0.15) is 0 Å². The van der Waals surface area contributed by atoms with Gasteiger partial charge in [0, 0.05) is 0 Å². The predicted molar refractivity (Wildman–Crippen MR) is 129 cm³/mol. The highest BCUT2D eigenvalue weighted by Gasteiger charge is 2.32. The molecular weight excluding hydrogens is 442 g/mol. The number of rotatable bonds is 7. The maximum Gasteiger partial charge on any atom is 0.325 e. The molecule has 0 bridgehead atoms. The SMILES string of the molecule is COC(=O)CNC(=O)CSC1=N/C(=C/c2ccc(OC)cc2)C(=O)N1c1cc(C)cc(C)c1. The highest BCUT2D eigenvalue weighted by Crippen LogP contribution is 2.31. The normalized spacial score (nSPS) is 14.3. The highest BCUT2D eigenvalue weighted by atomic mass is 32.2. The monoisotopic (exact) mass is 467 g/mol. The van der Waals surface area contributed by atoms with Gasteiger partial charge in [0.2, 0.25) is 5.91 Å². The van der Waals surface area contributed by atoms with Crippen LogP contribution in [-0.2, 0) is 19.1 Å². The third-order valence-electron chi connectivity index (χ3n) is 4.70. The second-order valence-electron chi connectivity index (χ2n) is 7.33. The molecule has 0 saturated heterocycles. The van der Waals surface area contributed by atoms with Crippen LogP contribution in [0.25, 0.3) is 6.08 Å². The Kier molecular flexibility index (Phi) is 7.89. The van der Waals surface area contributed by atoms with E-state index in [4.69, 9.17) is 4.74 Å². The van der Waals surface area contributed by atoms with Crippen LogP contribution in [0, 0.1) is 13.8 Å². The Bertz CT molecular complexity index is 1110. The molecule has 0 aliphatic carbocycles. The lowest BCUT2D eigenvalue weighted by molar-refractivity contribution is -0.140. The van der Waals surface area contributed by atoms with Gasteiger partial charge in [0.25, 0.3) is 5.91 Å². The standard InChI is InChI=1S/C24H25N3O5S/c1-15-9-16(2)11-18(10-15)27-23(30)20(12-17-5-7-19(31-3)8-6-17)26-24(27)33-14-21(28)25-13-22(29)32-4/h5-12H,13-14H2,1-4H3,(H,25,28)/b20-12+. The third kappa shape index (κ3) is 6.23. The molecule has 1 N–H and O–H groups in total. The van der Waals surface area contributed by atoms with Crippen LogP contribution in [0.3, 0.4) is 0 Å². The molecular formula is C24H25N3O5S. The number of benzene rings is 2. The summed E-state index contributed by atoms with van der Waals surface area (Å²) in [6.07, 6.45) is 1.70. The number of carbonyl (C=O) groups is 3. The van der Waals surface area contributed by atoms with Gasteiger partial charge in [0.05, 0.1) is 25.7 Å². The molecule has 8 nitrogen and oxygen atoms in total. The van der Waals surface area contributed by atoms with E-state index in [-0.39, 0.29) is 29.8 Å². The summed E-state index contributed by atoms with van der Waals surface area (Å²) in [6, 6.07) is 13.1. The minimum absolute atomic E-state index is 0.0137. The van der Waals surface area contributed by atoms with Crippen molar-refractivity contribution in [2.75, 3.05) is 31.4 Å². The minimum Gasteiger partial charge on any atom is -0.497 e. The van der Waals surface area contributed by atoms with Crippen LogP contribution >= 0.6 is 11.8 Å². The first-order valence-corrected chi connectivity index (χ1v) is 11.1. The van der Waals surface area contributed by atoms with E-state index in [2.05, 4.69) is 15.0 Å². The number of esters is 1. The highest BCUT2D eigenvalue weighted by molar-refractivity contribution is 8.14. The number of anilines is 1. The van der Waals surface area contributed by atoms with Crippen LogP contribution < -0.4 is 15.0 Å². The zero-order valence-electron chi connectivity index (χ0n) is 18.9. The first kappa shape index (κ1) is 24.1. The number of carbonyl (C=O) groups excluding carboxylic acids is 3. The number of amides is 2. The summed E-state index contributed by atoms with van der Waals surface area (Å²) in [7, 11) is 2.84. The van der Waals surface area contributed by atoms with E-state index in [0.29, 0.717) is 16.6 Å². The zero-order valence-corrected chi connectivity index (χ0v) is 19.7. The maximum absolute atomic E-state index is 13.3. The van der Waals surface area contributed by atoms with Crippen molar-refractivity contribution in [1.82, 2.24) is 5.32 Å². The number of nitrogens with one attached hydrogen (secondary N) is 1. The smallest absolute Gasteiger partial charge is 0.325 e. The molecule has 0 spiro atoms. The van der Waals surface area contributed by atoms with Crippen molar-refractivity contribution in [2.24, 2.45) is 4.99 Å². The molecule has 1 aliphatic rings. The van der Waals surface area contributed by atoms with E-state index in [0.717, 1.165) is 28.5 Å². The Morgan fingerprint density at radius 2 is 1.76 bits per heavy atom. The minimum atomic E-state index is -0.539. The lowest BCUT2D eigenvalue weighted by atomic mass is 10.1. The Labute approximate surface area is 196 Å². The van der Waals surface area contributed by atoms with Crippen molar-refractivity contribution >= 4 is 46.5 Å². The van der Waals surface area contributed by atoms with Gasteiger partial charge in [-0.05, 0) is 60.9 Å². The number of hydrogen-bond acceptors (Lipinski definition) is 7. The van der Waals surface area contributed by atoms with Gasteiger partial charge < -0.3 is 14.8 Å². The van der Waals surface area contributed by atoms with Gasteiger partial charge in [-0.15, -0.1) is 0 Å². The van der Waals surface area contributed by atoms with Gasteiger partial charge in [-0.3, -0.25) is 19.3 Å². The number of amidine groups is 1. The Morgan fingerprint density at radius 1 is 1.09 bits per heavy atom. The molecule has 0 fully saturated rings. The van der Waals surface area contributed by atoms with Crippen molar-refractivity contribution in [1.29, 1.82) is 0 Å². The van der Waals surface area contributed by atoms with E-state index in [1.165, 1.54) is 12.0 Å². The number of ether oxygens (including phenoxy) is 2. The van der Waals surface area contributed by atoms with Gasteiger partial charge in [0.1, 0.15) is 18.0 Å². The molecule has 172 valence electrons. The van der Waals surface area contributed by atoms with E-state index in [1.807, 2.05) is 44.2 Å². The van der Waals surface area contributed by atoms with Crippen molar-refractivity contribution in [3.63, 3.8) is 0 Å². The molecule has 2 aromatic rings. The molecule has 0 saturated carbocycles. The molecule has 2 aromatic carbocycles. The number of aliphatic imine (C=N–C) groups is 1. The van der Waals surface area contributed by atoms with Crippen LogP contribution in [-0.4, -0.2) is 49.5 Å². The topological polar surface area (TPSA) is 97.3 Å². The summed E-state index contributed by atoms with van der Waals surface area (Å²) in [5.74, 6) is -0.491. The summed E-state index contributed by atoms with van der Waals surface area (Å²) >= 11 is 1.12. The van der Waals surface area contributed by atoms with E-state index >= 15 is 0 Å². The van der Waals surface area contributed by atoms with Crippen molar-refractivity contribution < 1.29 is 23.9 Å². The number of aryl methyl sites for hydroxylation is 2. The Morgan fingerprint density at radius 3 is 2.36 bits per heavy atom. The quantitative estimate of drug-likeness (QED) is 0.497. The fourth-order valence-corrected chi connectivity index (χ4v) is 4.03. The first-order chi connectivity index (χ1) is 15.8. The van der Waals surface area contributed by atoms with Crippen LogP contribution in [0.4, 0.5) is 5.69 Å². The Hall–Kier alpha value is -3.59. The van der Waals surface area contributed by atoms with Crippen molar-refractivity contribution in [2.45, 2.75) is 13.8 Å². The predicted octanol–water partition coefficient (Wildman–Crippen LogP) is 3.08. The van der Waals surface area contributed by atoms with Gasteiger partial charge >= 0.3 is 5.97 Å². The molecule has 0 atom stereocenters. The second kappa shape index (κ2) is 10.8. The van der Waals surface area contributed by atoms with E-state index in [9.17, 15) is 14.4 Å². The third-order valence-corrected chi connectivity index (χ3v) is 5.64. The largest absolute Gasteiger partial charge is 0.497 e. The van der Waals surface area contributed by atoms with Crippen LogP contribution in [0.15, 0.2) is 53.2 Å². The molecule has 2 amide bonds. The number of nitrogens with zero attached hydrogens (tertiary/aromatic N) is 2. The molecule has 3 rings (SSSR count). The average molecular weight is 468 g/mol. The summed E-state index contributed by atoms with van der Waals surface area (Å²) in [5.41, 5.74) is 3.75. The summed E-state index contributed by atoms with van der Waals surface area (Å²) < 4.78 is 9.70. The number of thioether (sulfide) groups is 1. The molecule has 0 unspecified atom stereocenters. The van der Waals surface area contributed by atoms with Gasteiger partial charge in [0.15, 0.2) is 5.17 Å². The second-order valence-corrected chi connectivity index (χ2v) is 8.27. The maximum atomic E-state index is 13.3. The van der Waals surface area contributed by atoms with Crippen molar-refractivity contribution in [3.05, 3.63) is 64.9 Å². The van der Waals surface area contributed by atoms with Crippen molar-refractivity contribution in [3.8, 4) is 5.75 Å². The molecule has 1 heterocycles. The van der Waals surface area contributed by atoms with Gasteiger partial charge in [-0.25, -0.2) is 4.99 Å². The van der Waals surface area contributed by atoms with Gasteiger partial charge in [-0.1, -0.05) is 30.0 Å². The molecule has 1 aliphatic heterocycles. The summed E-state index contributed by atoms with van der Waals surface area (Å²) in [6.45, 7) is 3.69. The first-order valence-electron chi connectivity index (χ1n) is 10.1. The van der Waals surface area contributed by atoms with E-state index < -0.39 is 5.97 Å². The van der Waals surface area contributed by atoms with E-state index in [1.54, 1.807) is 25.3 Å². The Balaban J connectivity index is 1.87. The molecule has 0 aromatic heterocycles. The fraction of sp³-hybridized carbons (Fsp3) is 0.250. The molecule has 9 heteroatoms. The fourth-order valence-electron chi connectivity index (χ4n) is 3.18. The summed E-state index contributed by atoms with van der Waals surface area (Å²) in [5, 5.41) is 2.87. The number of methoxy groups -OCH3 is 2.